The Balaban J connectivity index is 1.62. The molecule has 1 aliphatic heterocycles. The molecule has 1 fully saturated rings. The Labute approximate surface area is 188 Å². The smallest absolute Gasteiger partial charge is 0.227 e. The lowest BCUT2D eigenvalue weighted by Crippen LogP contribution is -2.41. The Kier molecular flexibility index (Phi) is 7.46. The van der Waals surface area contributed by atoms with Gasteiger partial charge in [-0.15, -0.1) is 0 Å². The van der Waals surface area contributed by atoms with Crippen molar-refractivity contribution in [3.05, 3.63) is 52.5 Å². The molecule has 0 radical (unpaired) electrons. The van der Waals surface area contributed by atoms with Crippen LogP contribution in [0.4, 0.5) is 5.69 Å². The zero-order valence-corrected chi connectivity index (χ0v) is 19.4. The number of benzene rings is 2. The molecule has 0 unspecified atom stereocenters. The number of nitrogens with zero attached hydrogens (tertiary/aromatic N) is 1. The van der Waals surface area contributed by atoms with Crippen molar-refractivity contribution in [1.29, 1.82) is 0 Å². The van der Waals surface area contributed by atoms with Gasteiger partial charge in [-0.05, 0) is 25.3 Å². The molecule has 1 N–H and O–H groups in total. The highest BCUT2D eigenvalue weighted by Gasteiger charge is 2.31. The number of carbonyl (C=O) groups excluding carboxylic acids is 1. The molecule has 0 aromatic heterocycles. The number of hydrogen-bond acceptors (Lipinski definition) is 5. The number of piperidine rings is 1. The molecule has 0 atom stereocenters. The zero-order valence-electron chi connectivity index (χ0n) is 17.9. The lowest BCUT2D eigenvalue weighted by atomic mass is 9.97. The normalized spacial score (nSPS) is 15.5. The summed E-state index contributed by atoms with van der Waals surface area (Å²) >= 11 is 6.11. The monoisotopic (exact) mass is 466 g/mol. The van der Waals surface area contributed by atoms with Crippen LogP contribution < -0.4 is 14.8 Å². The van der Waals surface area contributed by atoms with Gasteiger partial charge in [-0.25, -0.2) is 12.7 Å². The molecule has 31 heavy (non-hydrogen) atoms. The van der Waals surface area contributed by atoms with Crippen molar-refractivity contribution in [2.45, 2.75) is 25.5 Å². The highest BCUT2D eigenvalue weighted by atomic mass is 35.5. The lowest BCUT2D eigenvalue weighted by molar-refractivity contribution is -0.120. The third kappa shape index (κ3) is 5.70. The molecule has 1 aliphatic rings. The molecule has 2 aromatic rings. The van der Waals surface area contributed by atoms with Crippen molar-refractivity contribution < 1.29 is 22.7 Å². The summed E-state index contributed by atoms with van der Waals surface area (Å²) in [5.74, 6) is 0.343. The van der Waals surface area contributed by atoms with Crippen LogP contribution in [-0.4, -0.2) is 45.9 Å². The van der Waals surface area contributed by atoms with E-state index in [0.717, 1.165) is 11.1 Å². The first-order valence-corrected chi connectivity index (χ1v) is 12.0. The van der Waals surface area contributed by atoms with Crippen LogP contribution in [0.25, 0.3) is 0 Å². The lowest BCUT2D eigenvalue weighted by Gasteiger charge is -2.30. The minimum atomic E-state index is -3.44. The van der Waals surface area contributed by atoms with Crippen LogP contribution in [0.2, 0.25) is 5.02 Å². The first kappa shape index (κ1) is 23.4. The van der Waals surface area contributed by atoms with Gasteiger partial charge >= 0.3 is 0 Å². The van der Waals surface area contributed by atoms with E-state index >= 15 is 0 Å². The molecule has 9 heteroatoms. The standard InChI is InChI=1S/C22H27ClN2O5S/c1-15-5-4-6-16(11-15)14-31(27,28)25-9-7-17(8-10-25)22(26)24-19-13-20(29-2)18(23)12-21(19)30-3/h4-6,11-13,17H,7-10,14H2,1-3H3,(H,24,26). The van der Waals surface area contributed by atoms with Gasteiger partial charge in [0.25, 0.3) is 0 Å². The first-order valence-electron chi connectivity index (χ1n) is 9.99. The summed E-state index contributed by atoms with van der Waals surface area (Å²) in [6.07, 6.45) is 0.901. The van der Waals surface area contributed by atoms with Crippen LogP contribution >= 0.6 is 11.6 Å². The fourth-order valence-corrected chi connectivity index (χ4v) is 5.47. The quantitative estimate of drug-likeness (QED) is 0.670. The highest BCUT2D eigenvalue weighted by Crippen LogP contribution is 2.36. The molecule has 0 saturated carbocycles. The largest absolute Gasteiger partial charge is 0.495 e. The summed E-state index contributed by atoms with van der Waals surface area (Å²) in [5.41, 5.74) is 2.25. The maximum Gasteiger partial charge on any atom is 0.227 e. The van der Waals surface area contributed by atoms with Crippen LogP contribution in [0.15, 0.2) is 36.4 Å². The summed E-state index contributed by atoms with van der Waals surface area (Å²) in [6.45, 7) is 2.56. The van der Waals surface area contributed by atoms with Crippen molar-refractivity contribution in [2.24, 2.45) is 5.92 Å². The Morgan fingerprint density at radius 1 is 1.13 bits per heavy atom. The predicted octanol–water partition coefficient (Wildman–Crippen LogP) is 3.85. The summed E-state index contributed by atoms with van der Waals surface area (Å²) in [6, 6.07) is 10.7. The molecule has 1 amide bonds. The van der Waals surface area contributed by atoms with Crippen LogP contribution in [0, 0.1) is 12.8 Å². The van der Waals surface area contributed by atoms with Gasteiger partial charge in [-0.2, -0.15) is 0 Å². The van der Waals surface area contributed by atoms with E-state index in [-0.39, 0.29) is 17.6 Å². The van der Waals surface area contributed by atoms with Crippen molar-refractivity contribution in [3.63, 3.8) is 0 Å². The third-order valence-corrected chi connectivity index (χ3v) is 7.53. The Morgan fingerprint density at radius 2 is 1.81 bits per heavy atom. The van der Waals surface area contributed by atoms with Crippen LogP contribution in [0.3, 0.4) is 0 Å². The molecule has 1 saturated heterocycles. The van der Waals surface area contributed by atoms with Gasteiger partial charge in [-0.1, -0.05) is 41.4 Å². The van der Waals surface area contributed by atoms with E-state index in [1.165, 1.54) is 18.5 Å². The molecule has 7 nitrogen and oxygen atoms in total. The minimum absolute atomic E-state index is 0.0344. The zero-order chi connectivity index (χ0) is 22.6. The Morgan fingerprint density at radius 3 is 2.42 bits per heavy atom. The number of aryl methyl sites for hydroxylation is 1. The number of methoxy groups -OCH3 is 2. The minimum Gasteiger partial charge on any atom is -0.495 e. The second-order valence-corrected chi connectivity index (χ2v) is 9.97. The molecular formula is C22H27ClN2O5S. The molecule has 168 valence electrons. The molecule has 0 aliphatic carbocycles. The van der Waals surface area contributed by atoms with E-state index in [1.807, 2.05) is 31.2 Å². The maximum absolute atomic E-state index is 12.8. The van der Waals surface area contributed by atoms with E-state index in [4.69, 9.17) is 21.1 Å². The number of hydrogen-bond donors (Lipinski definition) is 1. The van der Waals surface area contributed by atoms with Crippen molar-refractivity contribution in [3.8, 4) is 11.5 Å². The van der Waals surface area contributed by atoms with E-state index in [1.54, 1.807) is 12.1 Å². The topological polar surface area (TPSA) is 84.9 Å². The number of amides is 1. The summed E-state index contributed by atoms with van der Waals surface area (Å²) in [4.78, 5) is 12.8. The second kappa shape index (κ2) is 9.89. The number of ether oxygens (including phenoxy) is 2. The average Bonchev–Trinajstić information content (AvgIpc) is 2.74. The number of anilines is 1. The Hall–Kier alpha value is -2.29. The van der Waals surface area contributed by atoms with Gasteiger partial charge in [0.15, 0.2) is 0 Å². The van der Waals surface area contributed by atoms with Crippen molar-refractivity contribution in [1.82, 2.24) is 4.31 Å². The van der Waals surface area contributed by atoms with Crippen LogP contribution in [0.5, 0.6) is 11.5 Å². The molecule has 0 spiro atoms. The SMILES string of the molecule is COc1cc(NC(=O)C2CCN(S(=O)(=O)Cc3cccc(C)c3)CC2)c(OC)cc1Cl. The van der Waals surface area contributed by atoms with Gasteiger partial charge < -0.3 is 14.8 Å². The van der Waals surface area contributed by atoms with Gasteiger partial charge in [0.05, 0.1) is 30.7 Å². The number of carbonyl (C=O) groups is 1. The van der Waals surface area contributed by atoms with Gasteiger partial charge in [-0.3, -0.25) is 4.79 Å². The van der Waals surface area contributed by atoms with E-state index in [2.05, 4.69) is 5.32 Å². The first-order chi connectivity index (χ1) is 14.7. The molecule has 1 heterocycles. The molecular weight excluding hydrogens is 440 g/mol. The van der Waals surface area contributed by atoms with Crippen molar-refractivity contribution in [2.75, 3.05) is 32.6 Å². The maximum atomic E-state index is 12.8. The van der Waals surface area contributed by atoms with Gasteiger partial charge in [0.1, 0.15) is 11.5 Å². The van der Waals surface area contributed by atoms with E-state index < -0.39 is 10.0 Å². The second-order valence-electron chi connectivity index (χ2n) is 7.59. The number of nitrogens with one attached hydrogen (secondary N) is 1. The number of rotatable bonds is 7. The number of sulfonamides is 1. The summed E-state index contributed by atoms with van der Waals surface area (Å²) < 4.78 is 37.6. The molecule has 0 bridgehead atoms. The van der Waals surface area contributed by atoms with Crippen LogP contribution in [-0.2, 0) is 20.6 Å². The van der Waals surface area contributed by atoms with Gasteiger partial charge in [0.2, 0.25) is 15.9 Å². The summed E-state index contributed by atoms with van der Waals surface area (Å²) in [5, 5.41) is 3.24. The van der Waals surface area contributed by atoms with Gasteiger partial charge in [0, 0.05) is 31.1 Å². The fourth-order valence-electron chi connectivity index (χ4n) is 3.69. The highest BCUT2D eigenvalue weighted by molar-refractivity contribution is 7.88. The van der Waals surface area contributed by atoms with E-state index in [0.29, 0.717) is 48.1 Å². The fraction of sp³-hybridized carbons (Fsp3) is 0.409. The van der Waals surface area contributed by atoms with Crippen molar-refractivity contribution >= 4 is 33.2 Å². The molecule has 3 rings (SSSR count). The third-order valence-electron chi connectivity index (χ3n) is 5.38. The predicted molar refractivity (Wildman–Crippen MR) is 121 cm³/mol. The van der Waals surface area contributed by atoms with Crippen LogP contribution in [0.1, 0.15) is 24.0 Å². The van der Waals surface area contributed by atoms with E-state index in [9.17, 15) is 13.2 Å². The molecule has 2 aromatic carbocycles. The summed E-state index contributed by atoms with van der Waals surface area (Å²) in [7, 11) is -0.451. The number of halogens is 1. The Bertz CT molecular complexity index is 1050. The average molecular weight is 467 g/mol.